The number of carbonyl (C=O) groups excluding carboxylic acids is 2. The molecule has 0 radical (unpaired) electrons. The van der Waals surface area contributed by atoms with Crippen molar-refractivity contribution in [1.82, 2.24) is 4.98 Å². The van der Waals surface area contributed by atoms with Crippen LogP contribution in [-0.4, -0.2) is 30.0 Å². The van der Waals surface area contributed by atoms with Gasteiger partial charge in [0, 0.05) is 17.7 Å². The van der Waals surface area contributed by atoms with Crippen molar-refractivity contribution in [3.63, 3.8) is 0 Å². The first-order valence-corrected chi connectivity index (χ1v) is 10.1. The van der Waals surface area contributed by atoms with Gasteiger partial charge in [-0.2, -0.15) is 0 Å². The molecule has 5 nitrogen and oxygen atoms in total. The van der Waals surface area contributed by atoms with Crippen molar-refractivity contribution in [2.45, 2.75) is 58.0 Å². The van der Waals surface area contributed by atoms with Gasteiger partial charge in [0.25, 0.3) is 0 Å². The summed E-state index contributed by atoms with van der Waals surface area (Å²) in [6, 6.07) is 7.85. The van der Waals surface area contributed by atoms with E-state index in [0.717, 1.165) is 41.8 Å². The van der Waals surface area contributed by atoms with Crippen molar-refractivity contribution < 1.29 is 19.1 Å². The summed E-state index contributed by atoms with van der Waals surface area (Å²) < 4.78 is 11.0. The van der Waals surface area contributed by atoms with Crippen LogP contribution in [0.1, 0.15) is 76.2 Å². The van der Waals surface area contributed by atoms with Crippen LogP contribution in [0, 0.1) is 12.8 Å². The van der Waals surface area contributed by atoms with Gasteiger partial charge in [-0.15, -0.1) is 0 Å². The number of ether oxygens (including phenoxy) is 2. The average molecular weight is 381 g/mol. The molecule has 0 unspecified atom stereocenters. The molecule has 0 saturated heterocycles. The summed E-state index contributed by atoms with van der Waals surface area (Å²) in [6.45, 7) is 3.97. The van der Waals surface area contributed by atoms with Crippen LogP contribution in [0.3, 0.4) is 0 Å². The van der Waals surface area contributed by atoms with Crippen LogP contribution >= 0.6 is 0 Å². The molecule has 2 aromatic rings. The van der Waals surface area contributed by atoms with E-state index >= 15 is 0 Å². The Balaban J connectivity index is 1.56. The highest BCUT2D eigenvalue weighted by Gasteiger charge is 2.34. The van der Waals surface area contributed by atoms with Gasteiger partial charge in [0.15, 0.2) is 5.78 Å². The molecule has 2 aliphatic rings. The fraction of sp³-hybridized carbons (Fsp3) is 0.478. The molecule has 28 heavy (non-hydrogen) atoms. The molecule has 148 valence electrons. The van der Waals surface area contributed by atoms with Crippen LogP contribution in [-0.2, 0) is 11.2 Å². The molecule has 0 amide bonds. The van der Waals surface area contributed by atoms with Crippen LogP contribution < -0.4 is 4.74 Å². The molecule has 0 bridgehead atoms. The number of hydrogen-bond acceptors (Lipinski definition) is 4. The first-order valence-electron chi connectivity index (χ1n) is 10.1. The molecule has 5 heteroatoms. The van der Waals surface area contributed by atoms with Crippen LogP contribution in [0.4, 0.5) is 0 Å². The Labute approximate surface area is 165 Å². The number of Topliss-reactive ketones (excluding diaryl/α,β-unsaturated/α-hetero) is 1. The number of methoxy groups -OCH3 is 1. The summed E-state index contributed by atoms with van der Waals surface area (Å²) in [4.78, 5) is 28.8. The lowest BCUT2D eigenvalue weighted by molar-refractivity contribution is 0.0219. The summed E-state index contributed by atoms with van der Waals surface area (Å²) in [5.74, 6) is 1.05. The van der Waals surface area contributed by atoms with Crippen molar-refractivity contribution >= 4 is 11.8 Å². The minimum absolute atomic E-state index is 0.0185. The number of rotatable bonds is 4. The maximum Gasteiger partial charge on any atom is 0.355 e. The highest BCUT2D eigenvalue weighted by Crippen LogP contribution is 2.36. The zero-order valence-electron chi connectivity index (χ0n) is 16.7. The van der Waals surface area contributed by atoms with Crippen LogP contribution in [0.25, 0.3) is 0 Å². The number of fused-ring (bicyclic) bond motifs is 1. The number of esters is 1. The first kappa shape index (κ1) is 18.8. The van der Waals surface area contributed by atoms with Crippen LogP contribution in [0.5, 0.6) is 5.75 Å². The maximum absolute atomic E-state index is 12.8. The minimum Gasteiger partial charge on any atom is -0.497 e. The number of benzene rings is 1. The average Bonchev–Trinajstić information content (AvgIpc) is 3.25. The number of hydrogen-bond donors (Lipinski definition) is 1. The number of aromatic amines is 1. The van der Waals surface area contributed by atoms with E-state index < -0.39 is 0 Å². The topological polar surface area (TPSA) is 68.4 Å². The maximum atomic E-state index is 12.8. The van der Waals surface area contributed by atoms with E-state index in [1.807, 2.05) is 31.2 Å². The van der Waals surface area contributed by atoms with E-state index in [2.05, 4.69) is 11.9 Å². The third-order valence-electron chi connectivity index (χ3n) is 6.32. The molecule has 1 N–H and O–H groups in total. The Hall–Kier alpha value is -2.56. The van der Waals surface area contributed by atoms with E-state index in [-0.39, 0.29) is 23.8 Å². The first-order chi connectivity index (χ1) is 13.5. The van der Waals surface area contributed by atoms with Crippen molar-refractivity contribution in [3.05, 3.63) is 52.3 Å². The Morgan fingerprint density at radius 1 is 1.14 bits per heavy atom. The van der Waals surface area contributed by atoms with E-state index in [9.17, 15) is 9.59 Å². The second-order valence-electron chi connectivity index (χ2n) is 8.13. The fourth-order valence-corrected chi connectivity index (χ4v) is 4.63. The van der Waals surface area contributed by atoms with E-state index in [4.69, 9.17) is 9.47 Å². The number of carbonyl (C=O) groups is 2. The van der Waals surface area contributed by atoms with Crippen molar-refractivity contribution in [3.8, 4) is 5.75 Å². The standard InChI is InChI=1S/C23H27NO4/c1-13-5-4-6-20(13)28-23(26)22-14(2)21-18(24-22)11-16(12-19(21)25)15-7-9-17(27-3)10-8-15/h7-10,13,16,20,24H,4-6,11-12H2,1-3H3/t13-,16+,20+/m1/s1. The molecule has 4 rings (SSSR count). The van der Waals surface area contributed by atoms with Gasteiger partial charge in [-0.3, -0.25) is 4.79 Å². The van der Waals surface area contributed by atoms with Gasteiger partial charge in [-0.1, -0.05) is 19.1 Å². The lowest BCUT2D eigenvalue weighted by atomic mass is 9.81. The third-order valence-corrected chi connectivity index (χ3v) is 6.32. The second kappa shape index (κ2) is 7.46. The Kier molecular flexibility index (Phi) is 5.00. The van der Waals surface area contributed by atoms with Gasteiger partial charge in [0.05, 0.1) is 7.11 Å². The van der Waals surface area contributed by atoms with Gasteiger partial charge in [0.1, 0.15) is 17.5 Å². The Morgan fingerprint density at radius 2 is 1.89 bits per heavy atom. The molecular weight excluding hydrogens is 354 g/mol. The van der Waals surface area contributed by atoms with Gasteiger partial charge < -0.3 is 14.5 Å². The predicted octanol–water partition coefficient (Wildman–Crippen LogP) is 4.59. The Morgan fingerprint density at radius 3 is 2.54 bits per heavy atom. The smallest absolute Gasteiger partial charge is 0.355 e. The van der Waals surface area contributed by atoms with E-state index in [1.54, 1.807) is 7.11 Å². The molecule has 1 saturated carbocycles. The number of aromatic nitrogens is 1. The normalized spacial score (nSPS) is 24.1. The van der Waals surface area contributed by atoms with Gasteiger partial charge in [-0.05, 0) is 67.7 Å². The highest BCUT2D eigenvalue weighted by molar-refractivity contribution is 6.03. The predicted molar refractivity (Wildman–Crippen MR) is 106 cm³/mol. The van der Waals surface area contributed by atoms with Gasteiger partial charge in [0.2, 0.25) is 0 Å². The molecule has 0 aliphatic heterocycles. The van der Waals surface area contributed by atoms with Crippen LogP contribution in [0.15, 0.2) is 24.3 Å². The zero-order valence-corrected chi connectivity index (χ0v) is 16.7. The molecular formula is C23H27NO4. The van der Waals surface area contributed by atoms with Crippen molar-refractivity contribution in [1.29, 1.82) is 0 Å². The lowest BCUT2D eigenvalue weighted by Gasteiger charge is -2.22. The monoisotopic (exact) mass is 381 g/mol. The number of H-pyrrole nitrogens is 1. The quantitative estimate of drug-likeness (QED) is 0.787. The van der Waals surface area contributed by atoms with Crippen LogP contribution in [0.2, 0.25) is 0 Å². The highest BCUT2D eigenvalue weighted by atomic mass is 16.5. The van der Waals surface area contributed by atoms with E-state index in [0.29, 0.717) is 30.0 Å². The van der Waals surface area contributed by atoms with Gasteiger partial charge in [-0.25, -0.2) is 4.79 Å². The third kappa shape index (κ3) is 3.34. The second-order valence-corrected chi connectivity index (χ2v) is 8.13. The molecule has 1 aromatic carbocycles. The fourth-order valence-electron chi connectivity index (χ4n) is 4.63. The summed E-state index contributed by atoms with van der Waals surface area (Å²) in [5.41, 5.74) is 3.80. The Bertz CT molecular complexity index is 896. The van der Waals surface area contributed by atoms with Crippen molar-refractivity contribution in [2.24, 2.45) is 5.92 Å². The molecule has 1 fully saturated rings. The number of ketones is 1. The van der Waals surface area contributed by atoms with Crippen molar-refractivity contribution in [2.75, 3.05) is 7.11 Å². The summed E-state index contributed by atoms with van der Waals surface area (Å²) in [7, 11) is 1.64. The van der Waals surface area contributed by atoms with Gasteiger partial charge >= 0.3 is 5.97 Å². The lowest BCUT2D eigenvalue weighted by Crippen LogP contribution is -2.21. The molecule has 3 atom stereocenters. The minimum atomic E-state index is -0.334. The molecule has 1 aromatic heterocycles. The summed E-state index contributed by atoms with van der Waals surface area (Å²) >= 11 is 0. The zero-order chi connectivity index (χ0) is 19.8. The molecule has 0 spiro atoms. The SMILES string of the molecule is COc1ccc([C@@H]2CC(=O)c3c([nH]c(C(=O)O[C@H]4CCC[C@H]4C)c3C)C2)cc1. The molecule has 2 aliphatic carbocycles. The summed E-state index contributed by atoms with van der Waals surface area (Å²) in [6.07, 6.45) is 4.26. The van der Waals surface area contributed by atoms with E-state index in [1.165, 1.54) is 0 Å². The number of nitrogens with one attached hydrogen (secondary N) is 1. The largest absolute Gasteiger partial charge is 0.497 e. The summed E-state index contributed by atoms with van der Waals surface area (Å²) in [5, 5.41) is 0. The molecule has 1 heterocycles.